The quantitative estimate of drug-likeness (QED) is 0.244. The molecule has 0 bridgehead atoms. The van der Waals surface area contributed by atoms with E-state index in [1.165, 1.54) is 0 Å². The summed E-state index contributed by atoms with van der Waals surface area (Å²) in [5.74, 6) is -0.170. The molecule has 300 valence electrons. The van der Waals surface area contributed by atoms with Gasteiger partial charge in [0.2, 0.25) is 0 Å². The molecule has 1 aliphatic carbocycles. The van der Waals surface area contributed by atoms with Crippen LogP contribution in [0, 0.1) is 11.3 Å². The van der Waals surface area contributed by atoms with E-state index in [9.17, 15) is 14.7 Å². The molecule has 10 heteroatoms. The molecule has 3 aliphatic rings. The number of ether oxygens (including phenoxy) is 4. The summed E-state index contributed by atoms with van der Waals surface area (Å²) in [5, 5.41) is 13.4. The van der Waals surface area contributed by atoms with Crippen LogP contribution >= 0.6 is 0 Å². The molecule has 4 atom stereocenters. The fourth-order valence-corrected chi connectivity index (χ4v) is 9.52. The van der Waals surface area contributed by atoms with E-state index >= 15 is 0 Å². The first kappa shape index (κ1) is 42.0. The summed E-state index contributed by atoms with van der Waals surface area (Å²) in [7, 11) is 0. The highest BCUT2D eigenvalue weighted by atomic mass is 16.6. The summed E-state index contributed by atoms with van der Waals surface area (Å²) >= 11 is 0. The molecule has 10 nitrogen and oxygen atoms in total. The van der Waals surface area contributed by atoms with Crippen molar-refractivity contribution in [1.82, 2.24) is 14.7 Å². The second kappa shape index (κ2) is 15.8. The topological polar surface area (TPSA) is 101 Å². The van der Waals surface area contributed by atoms with E-state index in [0.717, 1.165) is 30.4 Å². The molecule has 0 spiro atoms. The van der Waals surface area contributed by atoms with Crippen LogP contribution in [0.3, 0.4) is 0 Å². The fraction of sp³-hybridized carbons (Fsp3) is 0.682. The SMILES string of the molecule is CC(C)(C)[C@H]1CCCC[C@]1(O)[C@H](OC(=O)N1C(C)(C)COC1(C)C)[C@H](CCOC(=O)N1C(C)(C)COC1(C)C)N(Cc1ccccc1)Cc1ccccc1. The van der Waals surface area contributed by atoms with E-state index in [4.69, 9.17) is 18.9 Å². The zero-order valence-electron chi connectivity index (χ0n) is 34.8. The Bertz CT molecular complexity index is 1500. The molecule has 2 aromatic carbocycles. The van der Waals surface area contributed by atoms with Crippen molar-refractivity contribution in [1.29, 1.82) is 0 Å². The predicted molar refractivity (Wildman–Crippen MR) is 210 cm³/mol. The molecule has 3 fully saturated rings. The lowest BCUT2D eigenvalue weighted by atomic mass is 9.60. The average Bonchev–Trinajstić information content (AvgIpc) is 3.45. The second-order valence-electron chi connectivity index (χ2n) is 19.1. The van der Waals surface area contributed by atoms with Gasteiger partial charge in [-0.1, -0.05) is 94.3 Å². The summed E-state index contributed by atoms with van der Waals surface area (Å²) in [4.78, 5) is 34.3. The van der Waals surface area contributed by atoms with Crippen molar-refractivity contribution in [3.63, 3.8) is 0 Å². The Hall–Kier alpha value is -3.18. The molecule has 0 aromatic heterocycles. The molecule has 2 aliphatic heterocycles. The molecule has 2 aromatic rings. The van der Waals surface area contributed by atoms with Crippen molar-refractivity contribution in [2.45, 2.75) is 162 Å². The van der Waals surface area contributed by atoms with Gasteiger partial charge in [-0.3, -0.25) is 14.7 Å². The van der Waals surface area contributed by atoms with E-state index in [0.29, 0.717) is 39.1 Å². The van der Waals surface area contributed by atoms with Gasteiger partial charge in [0.05, 0.1) is 36.9 Å². The Labute approximate surface area is 324 Å². The summed E-state index contributed by atoms with van der Waals surface area (Å²) in [5.41, 5.74) is -2.46. The molecule has 2 heterocycles. The normalized spacial score (nSPS) is 25.7. The molecule has 1 N–H and O–H groups in total. The van der Waals surface area contributed by atoms with Crippen LogP contribution in [0.2, 0.25) is 0 Å². The zero-order valence-corrected chi connectivity index (χ0v) is 34.8. The standard InChI is InChI=1S/C44H67N3O7/c1-39(2,3)35-24-18-19-26-44(35,50)36(54-38(49)47-41(6,7)31-53-43(47,10)11)34(25-27-51-37(48)46-40(4,5)30-52-42(46,8)9)45(28-32-20-14-12-15-21-32)29-33-22-16-13-17-23-33/h12-17,20-23,34-36,50H,18-19,24-31H2,1-11H3/t34-,35+,36+,44+/m0/s1. The van der Waals surface area contributed by atoms with Gasteiger partial charge in [0, 0.05) is 19.5 Å². The first-order chi connectivity index (χ1) is 25.1. The molecule has 0 unspecified atom stereocenters. The van der Waals surface area contributed by atoms with E-state index in [2.05, 4.69) is 49.9 Å². The summed E-state index contributed by atoms with van der Waals surface area (Å²) in [6.45, 7) is 23.7. The van der Waals surface area contributed by atoms with E-state index in [1.807, 2.05) is 91.8 Å². The third-order valence-electron chi connectivity index (χ3n) is 11.8. The number of carbonyl (C=O) groups excluding carboxylic acids is 2. The summed E-state index contributed by atoms with van der Waals surface area (Å²) in [6, 6.07) is 19.9. The van der Waals surface area contributed by atoms with Crippen molar-refractivity contribution in [2.24, 2.45) is 11.3 Å². The van der Waals surface area contributed by atoms with E-state index in [1.54, 1.807) is 9.80 Å². The van der Waals surface area contributed by atoms with Gasteiger partial charge < -0.3 is 24.1 Å². The maximum absolute atomic E-state index is 14.8. The lowest BCUT2D eigenvalue weighted by Gasteiger charge is -2.53. The van der Waals surface area contributed by atoms with Gasteiger partial charge in [-0.25, -0.2) is 9.59 Å². The van der Waals surface area contributed by atoms with Gasteiger partial charge in [0.25, 0.3) is 0 Å². The highest BCUT2D eigenvalue weighted by Gasteiger charge is 2.57. The minimum atomic E-state index is -1.38. The summed E-state index contributed by atoms with van der Waals surface area (Å²) in [6.07, 6.45) is 1.40. The van der Waals surface area contributed by atoms with Crippen molar-refractivity contribution >= 4 is 12.2 Å². The minimum absolute atomic E-state index is 0.0420. The van der Waals surface area contributed by atoms with Crippen molar-refractivity contribution < 1.29 is 33.6 Å². The Kier molecular flexibility index (Phi) is 12.2. The van der Waals surface area contributed by atoms with Crippen LogP contribution in [0.4, 0.5) is 9.59 Å². The predicted octanol–water partition coefficient (Wildman–Crippen LogP) is 8.75. The van der Waals surface area contributed by atoms with Gasteiger partial charge in [-0.05, 0) is 90.7 Å². The van der Waals surface area contributed by atoms with Crippen molar-refractivity contribution in [3.05, 3.63) is 71.8 Å². The smallest absolute Gasteiger partial charge is 0.413 e. The molecule has 1 saturated carbocycles. The van der Waals surface area contributed by atoms with Crippen LogP contribution < -0.4 is 0 Å². The molecule has 5 rings (SSSR count). The number of carbonyl (C=O) groups is 2. The number of hydrogen-bond acceptors (Lipinski definition) is 8. The van der Waals surface area contributed by atoms with Crippen LogP contribution in [0.15, 0.2) is 60.7 Å². The fourth-order valence-electron chi connectivity index (χ4n) is 9.52. The Morgan fingerprint density at radius 2 is 1.28 bits per heavy atom. The third-order valence-corrected chi connectivity index (χ3v) is 11.8. The number of amides is 2. The van der Waals surface area contributed by atoms with Gasteiger partial charge in [0.1, 0.15) is 23.2 Å². The van der Waals surface area contributed by atoms with Crippen molar-refractivity contribution in [3.8, 4) is 0 Å². The zero-order chi connectivity index (χ0) is 39.7. The molecular formula is C44H67N3O7. The first-order valence-electron chi connectivity index (χ1n) is 19.9. The minimum Gasteiger partial charge on any atom is -0.449 e. The van der Waals surface area contributed by atoms with Gasteiger partial charge in [0.15, 0.2) is 0 Å². The summed E-state index contributed by atoms with van der Waals surface area (Å²) < 4.78 is 25.1. The lowest BCUT2D eigenvalue weighted by Crippen LogP contribution is -2.64. The van der Waals surface area contributed by atoms with Gasteiger partial charge in [-0.2, -0.15) is 0 Å². The third kappa shape index (κ3) is 9.09. The number of benzene rings is 2. The Morgan fingerprint density at radius 1 is 0.796 bits per heavy atom. The monoisotopic (exact) mass is 749 g/mol. The highest BCUT2D eigenvalue weighted by molar-refractivity contribution is 5.71. The van der Waals surface area contributed by atoms with Crippen LogP contribution in [-0.2, 0) is 32.0 Å². The van der Waals surface area contributed by atoms with Crippen LogP contribution in [0.5, 0.6) is 0 Å². The van der Waals surface area contributed by atoms with E-state index in [-0.39, 0.29) is 17.9 Å². The Balaban J connectivity index is 1.62. The lowest BCUT2D eigenvalue weighted by molar-refractivity contribution is -0.190. The average molecular weight is 750 g/mol. The number of nitrogens with zero attached hydrogens (tertiary/aromatic N) is 3. The van der Waals surface area contributed by atoms with Gasteiger partial charge >= 0.3 is 12.2 Å². The number of hydrogen-bond donors (Lipinski definition) is 1. The molecular weight excluding hydrogens is 682 g/mol. The first-order valence-corrected chi connectivity index (χ1v) is 19.9. The van der Waals surface area contributed by atoms with Crippen LogP contribution in [0.25, 0.3) is 0 Å². The van der Waals surface area contributed by atoms with Crippen molar-refractivity contribution in [2.75, 3.05) is 19.8 Å². The number of rotatable bonds is 11. The molecule has 54 heavy (non-hydrogen) atoms. The maximum Gasteiger partial charge on any atom is 0.413 e. The maximum atomic E-state index is 14.8. The van der Waals surface area contributed by atoms with Gasteiger partial charge in [-0.15, -0.1) is 0 Å². The number of aliphatic hydroxyl groups is 1. The molecule has 2 amide bonds. The van der Waals surface area contributed by atoms with Crippen LogP contribution in [0.1, 0.15) is 119 Å². The van der Waals surface area contributed by atoms with Crippen LogP contribution in [-0.4, -0.2) is 92.1 Å². The Morgan fingerprint density at radius 3 is 1.72 bits per heavy atom. The molecule has 0 radical (unpaired) electrons. The second-order valence-corrected chi connectivity index (χ2v) is 19.1. The molecule has 2 saturated heterocycles. The highest BCUT2D eigenvalue weighted by Crippen LogP contribution is 2.49. The largest absolute Gasteiger partial charge is 0.449 e. The van der Waals surface area contributed by atoms with E-state index < -0.39 is 52.5 Å².